The zero-order chi connectivity index (χ0) is 12.0. The van der Waals surface area contributed by atoms with E-state index in [4.69, 9.17) is 4.74 Å². The normalized spacial score (nSPS) is 27.6. The average molecular weight is 229 g/mol. The van der Waals surface area contributed by atoms with Crippen LogP contribution in [0.5, 0.6) is 0 Å². The van der Waals surface area contributed by atoms with Gasteiger partial charge in [-0.2, -0.15) is 0 Å². The van der Waals surface area contributed by atoms with Gasteiger partial charge in [-0.25, -0.2) is 0 Å². The van der Waals surface area contributed by atoms with Crippen molar-refractivity contribution >= 4 is 0 Å². The van der Waals surface area contributed by atoms with Gasteiger partial charge in [-0.1, -0.05) is 27.2 Å². The molecule has 96 valence electrons. The predicted octanol–water partition coefficient (Wildman–Crippen LogP) is 1.75. The van der Waals surface area contributed by atoms with Crippen LogP contribution in [0.4, 0.5) is 0 Å². The van der Waals surface area contributed by atoms with Gasteiger partial charge in [0.2, 0.25) is 0 Å². The lowest BCUT2D eigenvalue weighted by atomic mass is 9.87. The Morgan fingerprint density at radius 2 is 2.19 bits per heavy atom. The Kier molecular flexibility index (Phi) is 5.73. The molecule has 0 bridgehead atoms. The van der Waals surface area contributed by atoms with Crippen molar-refractivity contribution in [2.24, 2.45) is 11.3 Å². The van der Waals surface area contributed by atoms with Gasteiger partial charge in [0.05, 0.1) is 13.2 Å². The van der Waals surface area contributed by atoms with E-state index in [1.54, 1.807) is 0 Å². The summed E-state index contributed by atoms with van der Waals surface area (Å²) in [6.07, 6.45) is 2.22. The van der Waals surface area contributed by atoms with Crippen LogP contribution in [-0.2, 0) is 4.74 Å². The molecule has 16 heavy (non-hydrogen) atoms. The third-order valence-electron chi connectivity index (χ3n) is 3.79. The molecule has 0 amide bonds. The number of rotatable bonds is 7. The molecule has 1 aliphatic heterocycles. The van der Waals surface area contributed by atoms with Gasteiger partial charge in [-0.05, 0) is 18.9 Å². The fourth-order valence-corrected chi connectivity index (χ4v) is 2.30. The van der Waals surface area contributed by atoms with E-state index in [1.165, 1.54) is 6.42 Å². The molecule has 1 heterocycles. The Morgan fingerprint density at radius 1 is 1.44 bits per heavy atom. The zero-order valence-electron chi connectivity index (χ0n) is 11.0. The third kappa shape index (κ3) is 3.72. The number of aliphatic hydroxyl groups excluding tert-OH is 1. The van der Waals surface area contributed by atoms with Gasteiger partial charge in [0.15, 0.2) is 0 Å². The lowest BCUT2D eigenvalue weighted by molar-refractivity contribution is 0.0538. The molecule has 1 fully saturated rings. The minimum absolute atomic E-state index is 0.00344. The Balaban J connectivity index is 2.47. The summed E-state index contributed by atoms with van der Waals surface area (Å²) in [6.45, 7) is 11.7. The smallest absolute Gasteiger partial charge is 0.0557 e. The fourth-order valence-electron chi connectivity index (χ4n) is 2.30. The molecule has 0 radical (unpaired) electrons. The topological polar surface area (TPSA) is 32.7 Å². The second-order valence-electron chi connectivity index (χ2n) is 5.30. The maximum Gasteiger partial charge on any atom is 0.0557 e. The maximum absolute atomic E-state index is 9.55. The Morgan fingerprint density at radius 3 is 2.62 bits per heavy atom. The van der Waals surface area contributed by atoms with Crippen LogP contribution in [0, 0.1) is 11.3 Å². The summed E-state index contributed by atoms with van der Waals surface area (Å²) in [5, 5.41) is 9.55. The Bertz CT molecular complexity index is 190. The summed E-state index contributed by atoms with van der Waals surface area (Å²) >= 11 is 0. The van der Waals surface area contributed by atoms with Gasteiger partial charge in [0.1, 0.15) is 0 Å². The molecule has 0 aromatic heterocycles. The monoisotopic (exact) mass is 229 g/mol. The molecular weight excluding hydrogens is 202 g/mol. The van der Waals surface area contributed by atoms with Crippen LogP contribution in [0.2, 0.25) is 0 Å². The molecule has 0 aliphatic carbocycles. The minimum atomic E-state index is 0.00344. The van der Waals surface area contributed by atoms with E-state index in [0.29, 0.717) is 0 Å². The van der Waals surface area contributed by atoms with E-state index in [9.17, 15) is 5.11 Å². The first kappa shape index (κ1) is 13.9. The highest BCUT2D eigenvalue weighted by atomic mass is 16.5. The quantitative estimate of drug-likeness (QED) is 0.722. The van der Waals surface area contributed by atoms with Crippen LogP contribution in [0.15, 0.2) is 0 Å². The van der Waals surface area contributed by atoms with Gasteiger partial charge in [0.25, 0.3) is 0 Å². The highest BCUT2D eigenvalue weighted by Crippen LogP contribution is 2.29. The molecule has 1 saturated heterocycles. The fraction of sp³-hybridized carbons (Fsp3) is 1.00. The molecule has 3 nitrogen and oxygen atoms in total. The van der Waals surface area contributed by atoms with E-state index in [0.717, 1.165) is 45.2 Å². The molecule has 0 spiro atoms. The first-order chi connectivity index (χ1) is 7.65. The van der Waals surface area contributed by atoms with Gasteiger partial charge in [-0.15, -0.1) is 0 Å². The van der Waals surface area contributed by atoms with Gasteiger partial charge >= 0.3 is 0 Å². The largest absolute Gasteiger partial charge is 0.396 e. The van der Waals surface area contributed by atoms with Crippen LogP contribution >= 0.6 is 0 Å². The van der Waals surface area contributed by atoms with E-state index < -0.39 is 0 Å². The van der Waals surface area contributed by atoms with E-state index >= 15 is 0 Å². The summed E-state index contributed by atoms with van der Waals surface area (Å²) in [6, 6.07) is 0. The predicted molar refractivity (Wildman–Crippen MR) is 66.5 cm³/mol. The molecule has 0 saturated carbocycles. The van der Waals surface area contributed by atoms with Crippen molar-refractivity contribution in [2.45, 2.75) is 33.6 Å². The van der Waals surface area contributed by atoms with Crippen molar-refractivity contribution in [3.8, 4) is 0 Å². The first-order valence-electron chi connectivity index (χ1n) is 6.56. The van der Waals surface area contributed by atoms with E-state index in [-0.39, 0.29) is 12.0 Å². The molecule has 0 aromatic carbocycles. The van der Waals surface area contributed by atoms with Gasteiger partial charge in [0, 0.05) is 25.1 Å². The highest BCUT2D eigenvalue weighted by molar-refractivity contribution is 4.86. The second kappa shape index (κ2) is 6.58. The number of ether oxygens (including phenoxy) is 1. The molecule has 2 unspecified atom stereocenters. The van der Waals surface area contributed by atoms with E-state index in [1.807, 2.05) is 0 Å². The van der Waals surface area contributed by atoms with Crippen molar-refractivity contribution in [3.05, 3.63) is 0 Å². The summed E-state index contributed by atoms with van der Waals surface area (Å²) in [7, 11) is 0. The SMILES string of the molecule is CCC(C)CN(CC)CC1(CO)CCOC1. The molecule has 1 N–H and O–H groups in total. The number of hydrogen-bond acceptors (Lipinski definition) is 3. The summed E-state index contributed by atoms with van der Waals surface area (Å²) in [5.74, 6) is 0.734. The number of nitrogens with zero attached hydrogens (tertiary/aromatic N) is 1. The molecule has 1 aliphatic rings. The van der Waals surface area contributed by atoms with E-state index in [2.05, 4.69) is 25.7 Å². The summed E-state index contributed by atoms with van der Waals surface area (Å²) in [4.78, 5) is 2.46. The number of aliphatic hydroxyl groups is 1. The lowest BCUT2D eigenvalue weighted by Gasteiger charge is -2.33. The van der Waals surface area contributed by atoms with Crippen LogP contribution in [0.25, 0.3) is 0 Å². The Labute approximate surface area is 99.8 Å². The molecule has 3 heteroatoms. The number of hydrogen-bond donors (Lipinski definition) is 1. The summed E-state index contributed by atoms with van der Waals surface area (Å²) in [5.41, 5.74) is 0.00344. The maximum atomic E-state index is 9.55. The van der Waals surface area contributed by atoms with Crippen molar-refractivity contribution in [1.82, 2.24) is 4.90 Å². The average Bonchev–Trinajstić information content (AvgIpc) is 2.77. The molecule has 2 atom stereocenters. The van der Waals surface area contributed by atoms with Crippen molar-refractivity contribution in [1.29, 1.82) is 0 Å². The van der Waals surface area contributed by atoms with Crippen LogP contribution < -0.4 is 0 Å². The third-order valence-corrected chi connectivity index (χ3v) is 3.79. The molecule has 0 aromatic rings. The lowest BCUT2D eigenvalue weighted by Crippen LogP contribution is -2.42. The van der Waals surface area contributed by atoms with Crippen LogP contribution in [0.3, 0.4) is 0 Å². The highest BCUT2D eigenvalue weighted by Gasteiger charge is 2.35. The van der Waals surface area contributed by atoms with Gasteiger partial charge < -0.3 is 14.7 Å². The standard InChI is InChI=1S/C13H27NO2/c1-4-12(3)8-14(5-2)9-13(10-15)6-7-16-11-13/h12,15H,4-11H2,1-3H3. The van der Waals surface area contributed by atoms with Crippen molar-refractivity contribution in [3.63, 3.8) is 0 Å². The Hall–Kier alpha value is -0.120. The molecular formula is C13H27NO2. The second-order valence-corrected chi connectivity index (χ2v) is 5.30. The van der Waals surface area contributed by atoms with Crippen LogP contribution in [0.1, 0.15) is 33.6 Å². The zero-order valence-corrected chi connectivity index (χ0v) is 11.0. The van der Waals surface area contributed by atoms with Crippen molar-refractivity contribution < 1.29 is 9.84 Å². The van der Waals surface area contributed by atoms with Crippen LogP contribution in [-0.4, -0.2) is 49.5 Å². The molecule has 1 rings (SSSR count). The van der Waals surface area contributed by atoms with Crippen molar-refractivity contribution in [2.75, 3.05) is 39.5 Å². The first-order valence-corrected chi connectivity index (χ1v) is 6.56. The van der Waals surface area contributed by atoms with Gasteiger partial charge in [-0.3, -0.25) is 0 Å². The minimum Gasteiger partial charge on any atom is -0.396 e. The summed E-state index contributed by atoms with van der Waals surface area (Å²) < 4.78 is 5.44.